The second kappa shape index (κ2) is 3.92. The van der Waals surface area contributed by atoms with Crippen molar-refractivity contribution in [2.24, 2.45) is 0 Å². The Morgan fingerprint density at radius 1 is 1.29 bits per heavy atom. The number of benzene rings is 1. The molecule has 2 heterocycles. The third-order valence-electron chi connectivity index (χ3n) is 2.89. The number of ketones is 1. The Labute approximate surface area is 102 Å². The van der Waals surface area contributed by atoms with Gasteiger partial charge in [-0.05, 0) is 18.2 Å². The van der Waals surface area contributed by atoms with Gasteiger partial charge in [0.25, 0.3) is 0 Å². The summed E-state index contributed by atoms with van der Waals surface area (Å²) in [7, 11) is 0. The van der Waals surface area contributed by atoms with E-state index in [0.29, 0.717) is 13.0 Å². The van der Waals surface area contributed by atoms with Gasteiger partial charge in [0.05, 0.1) is 22.1 Å². The summed E-state index contributed by atoms with van der Waals surface area (Å²) in [6, 6.07) is 5.75. The molecule has 0 atom stereocenters. The Morgan fingerprint density at radius 2 is 2.18 bits per heavy atom. The van der Waals surface area contributed by atoms with Gasteiger partial charge in [-0.25, -0.2) is 4.98 Å². The SMILES string of the molecule is O=C1CCN(c2ccc3ncsc3c2)C(=O)C1. The van der Waals surface area contributed by atoms with Crippen LogP contribution in [0, 0.1) is 0 Å². The molecular formula is C12H10N2O2S. The summed E-state index contributed by atoms with van der Waals surface area (Å²) >= 11 is 1.55. The summed E-state index contributed by atoms with van der Waals surface area (Å²) < 4.78 is 1.06. The second-order valence-electron chi connectivity index (χ2n) is 4.02. The molecule has 1 aromatic carbocycles. The van der Waals surface area contributed by atoms with E-state index < -0.39 is 0 Å². The average molecular weight is 246 g/mol. The summed E-state index contributed by atoms with van der Waals surface area (Å²) in [4.78, 5) is 28.8. The molecule has 0 N–H and O–H groups in total. The van der Waals surface area contributed by atoms with Crippen LogP contribution in [0.3, 0.4) is 0 Å². The van der Waals surface area contributed by atoms with Gasteiger partial charge in [-0.15, -0.1) is 11.3 Å². The van der Waals surface area contributed by atoms with Crippen LogP contribution in [0.2, 0.25) is 0 Å². The van der Waals surface area contributed by atoms with E-state index in [9.17, 15) is 9.59 Å². The molecule has 1 fully saturated rings. The number of rotatable bonds is 1. The van der Waals surface area contributed by atoms with Crippen LogP contribution in [-0.4, -0.2) is 23.2 Å². The average Bonchev–Trinajstić information content (AvgIpc) is 2.75. The lowest BCUT2D eigenvalue weighted by atomic mass is 10.1. The number of nitrogens with zero attached hydrogens (tertiary/aromatic N) is 2. The molecule has 4 nitrogen and oxygen atoms in total. The molecule has 1 aliphatic rings. The summed E-state index contributed by atoms with van der Waals surface area (Å²) in [5, 5.41) is 0. The number of anilines is 1. The molecule has 5 heteroatoms. The van der Waals surface area contributed by atoms with Crippen molar-refractivity contribution < 1.29 is 9.59 Å². The van der Waals surface area contributed by atoms with E-state index in [1.165, 1.54) is 0 Å². The van der Waals surface area contributed by atoms with Crippen LogP contribution in [0.5, 0.6) is 0 Å². The Hall–Kier alpha value is -1.75. The number of piperidine rings is 1. The predicted molar refractivity (Wildman–Crippen MR) is 66.2 cm³/mol. The topological polar surface area (TPSA) is 50.3 Å². The molecule has 0 aliphatic carbocycles. The van der Waals surface area contributed by atoms with Gasteiger partial charge in [-0.3, -0.25) is 9.59 Å². The molecule has 0 unspecified atom stereocenters. The van der Waals surface area contributed by atoms with Gasteiger partial charge >= 0.3 is 0 Å². The molecule has 0 radical (unpaired) electrons. The lowest BCUT2D eigenvalue weighted by Gasteiger charge is -2.26. The van der Waals surface area contributed by atoms with Crippen molar-refractivity contribution in [2.75, 3.05) is 11.4 Å². The van der Waals surface area contributed by atoms with E-state index in [2.05, 4.69) is 4.98 Å². The highest BCUT2D eigenvalue weighted by molar-refractivity contribution is 7.16. The number of thiazole rings is 1. The molecule has 1 aliphatic heterocycles. The highest BCUT2D eigenvalue weighted by atomic mass is 32.1. The van der Waals surface area contributed by atoms with Crippen LogP contribution < -0.4 is 4.90 Å². The van der Waals surface area contributed by atoms with E-state index in [4.69, 9.17) is 0 Å². The zero-order valence-electron chi connectivity index (χ0n) is 9.05. The standard InChI is InChI=1S/C12H10N2O2S/c15-9-3-4-14(12(16)6-9)8-1-2-10-11(5-8)17-7-13-10/h1-2,5,7H,3-4,6H2. The number of amides is 1. The summed E-state index contributed by atoms with van der Waals surface area (Å²) in [6.45, 7) is 0.488. The van der Waals surface area contributed by atoms with E-state index >= 15 is 0 Å². The summed E-state index contributed by atoms with van der Waals surface area (Å²) in [5.74, 6) is -0.0739. The second-order valence-corrected chi connectivity index (χ2v) is 4.90. The number of carbonyl (C=O) groups is 2. The fourth-order valence-electron chi connectivity index (χ4n) is 2.00. The molecular weight excluding hydrogens is 236 g/mol. The maximum absolute atomic E-state index is 11.8. The fraction of sp³-hybridized carbons (Fsp3) is 0.250. The van der Waals surface area contributed by atoms with Crippen LogP contribution in [-0.2, 0) is 9.59 Å². The minimum atomic E-state index is -0.106. The minimum Gasteiger partial charge on any atom is -0.312 e. The number of Topliss-reactive ketones (excluding diaryl/α,β-unsaturated/α-hetero) is 1. The Kier molecular flexibility index (Phi) is 2.40. The van der Waals surface area contributed by atoms with Crippen molar-refractivity contribution in [3.63, 3.8) is 0 Å². The molecule has 17 heavy (non-hydrogen) atoms. The molecule has 1 saturated heterocycles. The Morgan fingerprint density at radius 3 is 3.00 bits per heavy atom. The molecule has 1 amide bonds. The van der Waals surface area contributed by atoms with Crippen molar-refractivity contribution >= 4 is 38.9 Å². The van der Waals surface area contributed by atoms with E-state index in [-0.39, 0.29) is 18.1 Å². The third-order valence-corrected chi connectivity index (χ3v) is 3.68. The van der Waals surface area contributed by atoms with Crippen LogP contribution in [0.25, 0.3) is 10.2 Å². The molecule has 3 rings (SSSR count). The van der Waals surface area contributed by atoms with Gasteiger partial charge in [0.15, 0.2) is 0 Å². The van der Waals surface area contributed by atoms with Gasteiger partial charge in [0, 0.05) is 18.7 Å². The summed E-state index contributed by atoms with van der Waals surface area (Å²) in [5.41, 5.74) is 3.59. The molecule has 0 bridgehead atoms. The number of aromatic nitrogens is 1. The lowest BCUT2D eigenvalue weighted by Crippen LogP contribution is -2.38. The van der Waals surface area contributed by atoms with Crippen molar-refractivity contribution in [3.8, 4) is 0 Å². The van der Waals surface area contributed by atoms with Gasteiger partial charge in [-0.2, -0.15) is 0 Å². The smallest absolute Gasteiger partial charge is 0.234 e. The van der Waals surface area contributed by atoms with Crippen molar-refractivity contribution in [3.05, 3.63) is 23.7 Å². The number of fused-ring (bicyclic) bond motifs is 1. The van der Waals surface area contributed by atoms with Gasteiger partial charge in [-0.1, -0.05) is 0 Å². The van der Waals surface area contributed by atoms with E-state index in [1.807, 2.05) is 18.2 Å². The largest absolute Gasteiger partial charge is 0.312 e. The molecule has 0 spiro atoms. The zero-order valence-corrected chi connectivity index (χ0v) is 9.87. The van der Waals surface area contributed by atoms with Crippen LogP contribution in [0.15, 0.2) is 23.7 Å². The monoisotopic (exact) mass is 246 g/mol. The van der Waals surface area contributed by atoms with Gasteiger partial charge in [0.1, 0.15) is 5.78 Å². The van der Waals surface area contributed by atoms with E-state index in [1.54, 1.807) is 21.7 Å². The third kappa shape index (κ3) is 1.82. The maximum atomic E-state index is 11.8. The molecule has 0 saturated carbocycles. The lowest BCUT2D eigenvalue weighted by molar-refractivity contribution is -0.128. The predicted octanol–water partition coefficient (Wildman–Crippen LogP) is 1.99. The quantitative estimate of drug-likeness (QED) is 0.723. The Bertz CT molecular complexity index is 605. The first-order valence-corrected chi connectivity index (χ1v) is 6.27. The number of hydrogen-bond acceptors (Lipinski definition) is 4. The van der Waals surface area contributed by atoms with Gasteiger partial charge < -0.3 is 4.90 Å². The fourth-order valence-corrected chi connectivity index (χ4v) is 2.71. The first-order valence-electron chi connectivity index (χ1n) is 5.39. The highest BCUT2D eigenvalue weighted by Gasteiger charge is 2.24. The van der Waals surface area contributed by atoms with Crippen LogP contribution in [0.4, 0.5) is 5.69 Å². The zero-order chi connectivity index (χ0) is 11.8. The van der Waals surface area contributed by atoms with Crippen LogP contribution in [0.1, 0.15) is 12.8 Å². The maximum Gasteiger partial charge on any atom is 0.234 e. The number of hydrogen-bond donors (Lipinski definition) is 0. The number of carbonyl (C=O) groups excluding carboxylic acids is 2. The van der Waals surface area contributed by atoms with Crippen LogP contribution >= 0.6 is 11.3 Å². The van der Waals surface area contributed by atoms with E-state index in [0.717, 1.165) is 15.9 Å². The highest BCUT2D eigenvalue weighted by Crippen LogP contribution is 2.26. The van der Waals surface area contributed by atoms with Gasteiger partial charge in [0.2, 0.25) is 5.91 Å². The molecule has 86 valence electrons. The molecule has 1 aromatic heterocycles. The minimum absolute atomic E-state index is 0.0285. The first kappa shape index (κ1) is 10.4. The normalized spacial score (nSPS) is 16.8. The Balaban J connectivity index is 1.97. The molecule has 2 aromatic rings. The van der Waals surface area contributed by atoms with Crippen molar-refractivity contribution in [1.82, 2.24) is 4.98 Å². The first-order chi connectivity index (χ1) is 8.24. The summed E-state index contributed by atoms with van der Waals surface area (Å²) in [6.07, 6.45) is 0.479. The van der Waals surface area contributed by atoms with Crippen molar-refractivity contribution in [1.29, 1.82) is 0 Å². The van der Waals surface area contributed by atoms with Crippen molar-refractivity contribution in [2.45, 2.75) is 12.8 Å².